The normalized spacial score (nSPS) is 11.3. The number of allylic oxidation sites excluding steroid dienone is 1. The molecule has 0 saturated carbocycles. The van der Waals surface area contributed by atoms with Gasteiger partial charge in [0.2, 0.25) is 0 Å². The van der Waals surface area contributed by atoms with Crippen LogP contribution in [0, 0.1) is 6.92 Å². The maximum Gasteiger partial charge on any atom is 0.262 e. The average Bonchev–Trinajstić information content (AvgIpc) is 2.75. The van der Waals surface area contributed by atoms with Crippen molar-refractivity contribution in [2.75, 3.05) is 0 Å². The van der Waals surface area contributed by atoms with Crippen molar-refractivity contribution < 1.29 is 4.79 Å². The zero-order valence-corrected chi connectivity index (χ0v) is 18.3. The van der Waals surface area contributed by atoms with Crippen LogP contribution < -0.4 is 5.56 Å². The first kappa shape index (κ1) is 20.0. The lowest BCUT2D eigenvalue weighted by molar-refractivity contribution is 0.104. The minimum Gasteiger partial charge on any atom is -0.311 e. The Balaban J connectivity index is 1.99. The lowest BCUT2D eigenvalue weighted by Gasteiger charge is -2.15. The van der Waals surface area contributed by atoms with Gasteiger partial charge in [-0.2, -0.15) is 0 Å². The first-order chi connectivity index (χ1) is 14.5. The molecule has 0 aliphatic carbocycles. The SMILES string of the molecule is Cc1ccccc1/C=C\C(=O)c1c(-c2ccccc2)c2cc(Br)ccc2n(C)c1=O. The fourth-order valence-electron chi connectivity index (χ4n) is 3.68. The summed E-state index contributed by atoms with van der Waals surface area (Å²) < 4.78 is 2.43. The molecule has 0 fully saturated rings. The summed E-state index contributed by atoms with van der Waals surface area (Å²) in [5, 5.41) is 0.852. The van der Waals surface area contributed by atoms with E-state index in [1.807, 2.05) is 79.7 Å². The van der Waals surface area contributed by atoms with Gasteiger partial charge in [-0.1, -0.05) is 76.6 Å². The van der Waals surface area contributed by atoms with Gasteiger partial charge in [-0.05, 0) is 47.9 Å². The largest absolute Gasteiger partial charge is 0.311 e. The number of benzene rings is 3. The van der Waals surface area contributed by atoms with Crippen molar-refractivity contribution >= 4 is 38.7 Å². The Hall–Kier alpha value is -3.24. The summed E-state index contributed by atoms with van der Waals surface area (Å²) in [7, 11) is 1.70. The zero-order chi connectivity index (χ0) is 21.3. The van der Waals surface area contributed by atoms with E-state index in [2.05, 4.69) is 15.9 Å². The van der Waals surface area contributed by atoms with E-state index in [9.17, 15) is 9.59 Å². The molecule has 3 nitrogen and oxygen atoms in total. The van der Waals surface area contributed by atoms with E-state index in [0.717, 1.165) is 32.1 Å². The van der Waals surface area contributed by atoms with Gasteiger partial charge in [-0.25, -0.2) is 0 Å². The summed E-state index contributed by atoms with van der Waals surface area (Å²) in [6.45, 7) is 1.99. The molecule has 0 unspecified atom stereocenters. The molecule has 0 amide bonds. The molecular weight excluding hydrogens is 438 g/mol. The molecule has 0 spiro atoms. The van der Waals surface area contributed by atoms with E-state index in [1.165, 1.54) is 6.08 Å². The highest BCUT2D eigenvalue weighted by atomic mass is 79.9. The number of ketones is 1. The third-order valence-electron chi connectivity index (χ3n) is 5.27. The van der Waals surface area contributed by atoms with Crippen LogP contribution in [0.4, 0.5) is 0 Å². The summed E-state index contributed by atoms with van der Waals surface area (Å²) in [6, 6.07) is 23.2. The van der Waals surface area contributed by atoms with Crippen LogP contribution in [0.3, 0.4) is 0 Å². The summed E-state index contributed by atoms with van der Waals surface area (Å²) in [5.74, 6) is -0.306. The Kier molecular flexibility index (Phi) is 5.51. The molecule has 148 valence electrons. The molecule has 1 aromatic heterocycles. The van der Waals surface area contributed by atoms with E-state index < -0.39 is 0 Å². The summed E-state index contributed by atoms with van der Waals surface area (Å²) >= 11 is 3.53. The number of carbonyl (C=O) groups is 1. The highest BCUT2D eigenvalue weighted by molar-refractivity contribution is 9.10. The molecular formula is C26H20BrNO2. The number of rotatable bonds is 4. The van der Waals surface area contributed by atoms with Crippen molar-refractivity contribution in [3.8, 4) is 11.1 Å². The summed E-state index contributed by atoms with van der Waals surface area (Å²) in [6.07, 6.45) is 3.27. The number of fused-ring (bicyclic) bond motifs is 1. The van der Waals surface area contributed by atoms with E-state index >= 15 is 0 Å². The molecule has 0 aliphatic rings. The highest BCUT2D eigenvalue weighted by Gasteiger charge is 2.21. The molecule has 30 heavy (non-hydrogen) atoms. The molecule has 0 bridgehead atoms. The van der Waals surface area contributed by atoms with Crippen LogP contribution in [0.25, 0.3) is 28.1 Å². The van der Waals surface area contributed by atoms with Crippen LogP contribution in [-0.2, 0) is 7.05 Å². The van der Waals surface area contributed by atoms with Crippen molar-refractivity contribution in [1.29, 1.82) is 0 Å². The van der Waals surface area contributed by atoms with Gasteiger partial charge in [0.05, 0.1) is 11.1 Å². The lowest BCUT2D eigenvalue weighted by Crippen LogP contribution is -2.25. The van der Waals surface area contributed by atoms with Crippen molar-refractivity contribution in [2.24, 2.45) is 7.05 Å². The van der Waals surface area contributed by atoms with Crippen molar-refractivity contribution in [3.05, 3.63) is 110 Å². The van der Waals surface area contributed by atoms with Crippen LogP contribution in [-0.4, -0.2) is 10.4 Å². The van der Waals surface area contributed by atoms with Crippen LogP contribution >= 0.6 is 15.9 Å². The van der Waals surface area contributed by atoms with Crippen molar-refractivity contribution in [1.82, 2.24) is 4.57 Å². The molecule has 0 saturated heterocycles. The first-order valence-electron chi connectivity index (χ1n) is 9.63. The number of aryl methyl sites for hydroxylation is 2. The third kappa shape index (κ3) is 3.66. The number of hydrogen-bond donors (Lipinski definition) is 0. The van der Waals surface area contributed by atoms with Crippen LogP contribution in [0.5, 0.6) is 0 Å². The molecule has 1 heterocycles. The Bertz CT molecular complexity index is 1350. The molecule has 0 N–H and O–H groups in total. The number of nitrogens with zero attached hydrogens (tertiary/aromatic N) is 1. The van der Waals surface area contributed by atoms with Gasteiger partial charge in [0.15, 0.2) is 5.78 Å². The van der Waals surface area contributed by atoms with Gasteiger partial charge in [-0.3, -0.25) is 9.59 Å². The standard InChI is InChI=1S/C26H20BrNO2/c1-17-8-6-7-9-18(17)12-15-23(29)25-24(19-10-4-3-5-11-19)21-16-20(27)13-14-22(21)28(2)26(25)30/h3-16H,1-2H3/b15-12-. The van der Waals surface area contributed by atoms with Gasteiger partial charge in [0.1, 0.15) is 0 Å². The van der Waals surface area contributed by atoms with Crippen LogP contribution in [0.15, 0.2) is 88.1 Å². The first-order valence-corrected chi connectivity index (χ1v) is 10.4. The Morgan fingerprint density at radius 3 is 2.40 bits per heavy atom. The molecule has 3 aromatic carbocycles. The maximum atomic E-state index is 13.3. The molecule has 4 aromatic rings. The predicted octanol–water partition coefficient (Wildman–Crippen LogP) is 6.17. The van der Waals surface area contributed by atoms with Crippen LogP contribution in [0.2, 0.25) is 0 Å². The number of aromatic nitrogens is 1. The average molecular weight is 458 g/mol. The number of hydrogen-bond acceptors (Lipinski definition) is 2. The molecule has 0 radical (unpaired) electrons. The second-order valence-electron chi connectivity index (χ2n) is 7.20. The smallest absolute Gasteiger partial charge is 0.262 e. The van der Waals surface area contributed by atoms with Gasteiger partial charge < -0.3 is 4.57 Å². The maximum absolute atomic E-state index is 13.3. The van der Waals surface area contributed by atoms with E-state index in [-0.39, 0.29) is 16.9 Å². The molecule has 0 aliphatic heterocycles. The topological polar surface area (TPSA) is 39.1 Å². The zero-order valence-electron chi connectivity index (χ0n) is 16.7. The number of carbonyl (C=O) groups excluding carboxylic acids is 1. The van der Waals surface area contributed by atoms with Crippen LogP contribution in [0.1, 0.15) is 21.5 Å². The second-order valence-corrected chi connectivity index (χ2v) is 8.11. The monoisotopic (exact) mass is 457 g/mol. The molecule has 4 rings (SSSR count). The number of halogens is 1. The fourth-order valence-corrected chi connectivity index (χ4v) is 4.04. The Morgan fingerprint density at radius 2 is 1.67 bits per heavy atom. The Morgan fingerprint density at radius 1 is 0.967 bits per heavy atom. The van der Waals surface area contributed by atoms with Gasteiger partial charge in [-0.15, -0.1) is 0 Å². The molecule has 4 heteroatoms. The highest BCUT2D eigenvalue weighted by Crippen LogP contribution is 2.32. The minimum absolute atomic E-state index is 0.180. The van der Waals surface area contributed by atoms with Gasteiger partial charge in [0.25, 0.3) is 5.56 Å². The predicted molar refractivity (Wildman–Crippen MR) is 127 cm³/mol. The quantitative estimate of drug-likeness (QED) is 0.271. The van der Waals surface area contributed by atoms with E-state index in [0.29, 0.717) is 5.56 Å². The third-order valence-corrected chi connectivity index (χ3v) is 5.76. The molecule has 0 atom stereocenters. The van der Waals surface area contributed by atoms with Gasteiger partial charge >= 0.3 is 0 Å². The minimum atomic E-state index is -0.306. The van der Waals surface area contributed by atoms with Crippen molar-refractivity contribution in [3.63, 3.8) is 0 Å². The lowest BCUT2D eigenvalue weighted by atomic mass is 9.93. The second kappa shape index (κ2) is 8.25. The summed E-state index contributed by atoms with van der Waals surface area (Å²) in [5.41, 5.74) is 4.18. The fraction of sp³-hybridized carbons (Fsp3) is 0.0769. The summed E-state index contributed by atoms with van der Waals surface area (Å²) in [4.78, 5) is 26.6. The van der Waals surface area contributed by atoms with E-state index in [1.54, 1.807) is 17.7 Å². The van der Waals surface area contributed by atoms with Crippen molar-refractivity contribution in [2.45, 2.75) is 6.92 Å². The van der Waals surface area contributed by atoms with E-state index in [4.69, 9.17) is 0 Å². The van der Waals surface area contributed by atoms with Gasteiger partial charge in [0, 0.05) is 22.5 Å². The Labute approximate surface area is 183 Å². The number of pyridine rings is 1.